The maximum Gasteiger partial charge on any atom is 0.372 e. The van der Waals surface area contributed by atoms with Crippen molar-refractivity contribution >= 4 is 23.3 Å². The molecular weight excluding hydrogens is 356 g/mol. The number of carbonyl (C=O) groups excluding carboxylic acids is 3. The van der Waals surface area contributed by atoms with Gasteiger partial charge in [-0.2, -0.15) is 0 Å². The van der Waals surface area contributed by atoms with Gasteiger partial charge in [0.1, 0.15) is 5.78 Å². The van der Waals surface area contributed by atoms with Crippen molar-refractivity contribution in [3.63, 3.8) is 0 Å². The van der Waals surface area contributed by atoms with E-state index in [0.717, 1.165) is 18.4 Å². The number of allylic oxidation sites excluding steroid dienone is 1. The summed E-state index contributed by atoms with van der Waals surface area (Å²) in [5.41, 5.74) is 0.271. The van der Waals surface area contributed by atoms with Gasteiger partial charge in [-0.3, -0.25) is 14.4 Å². The predicted molar refractivity (Wildman–Crippen MR) is 102 cm³/mol. The van der Waals surface area contributed by atoms with Crippen LogP contribution in [-0.2, 0) is 19.2 Å². The number of rotatable bonds is 2. The summed E-state index contributed by atoms with van der Waals surface area (Å²) in [7, 11) is 0. The summed E-state index contributed by atoms with van der Waals surface area (Å²) in [6, 6.07) is 0. The van der Waals surface area contributed by atoms with Crippen molar-refractivity contribution in [1.29, 1.82) is 0 Å². The van der Waals surface area contributed by atoms with Crippen molar-refractivity contribution in [3.8, 4) is 0 Å². The molecule has 4 aliphatic rings. The van der Waals surface area contributed by atoms with Gasteiger partial charge in [0, 0.05) is 24.7 Å². The summed E-state index contributed by atoms with van der Waals surface area (Å²) in [6.45, 7) is 8.24. The van der Waals surface area contributed by atoms with E-state index in [2.05, 4.69) is 13.8 Å². The molecule has 0 bridgehead atoms. The number of hydrogen-bond donors (Lipinski definition) is 1. The summed E-state index contributed by atoms with van der Waals surface area (Å²) in [6.07, 6.45) is 4.91. The van der Waals surface area contributed by atoms with E-state index in [9.17, 15) is 24.3 Å². The molecule has 152 valence electrons. The molecule has 4 aliphatic carbocycles. The molecule has 4 rings (SSSR count). The van der Waals surface area contributed by atoms with Gasteiger partial charge in [0.15, 0.2) is 5.78 Å². The molecule has 1 N–H and O–H groups in total. The molecule has 0 radical (unpaired) electrons. The molecule has 0 aromatic rings. The zero-order valence-corrected chi connectivity index (χ0v) is 17.2. The third kappa shape index (κ3) is 2.44. The SMILES string of the molecule is CC1C[C@H]2[C@@H]3CC(C)[C@H](C(=O)C(=O)O)[C@@]3(C)CC(=O)[C@@H]2[C@@]2(C)CCC(=O)C=C12. The molecule has 5 heteroatoms. The number of Topliss-reactive ketones (excluding diaryl/α,β-unsaturated/α-hetero) is 2. The van der Waals surface area contributed by atoms with Crippen LogP contribution in [0, 0.1) is 46.3 Å². The number of carboxylic acid groups (broad SMARTS) is 1. The van der Waals surface area contributed by atoms with Crippen LogP contribution in [0.5, 0.6) is 0 Å². The molecule has 3 fully saturated rings. The highest BCUT2D eigenvalue weighted by Gasteiger charge is 2.66. The molecule has 0 spiro atoms. The molecule has 28 heavy (non-hydrogen) atoms. The van der Waals surface area contributed by atoms with Gasteiger partial charge in [0.25, 0.3) is 0 Å². The Balaban J connectivity index is 1.78. The predicted octanol–water partition coefficient (Wildman–Crippen LogP) is 3.46. The highest BCUT2D eigenvalue weighted by molar-refractivity contribution is 6.33. The van der Waals surface area contributed by atoms with Crippen LogP contribution in [0.25, 0.3) is 0 Å². The fraction of sp³-hybridized carbons (Fsp3) is 0.739. The molecule has 8 atom stereocenters. The van der Waals surface area contributed by atoms with Gasteiger partial charge in [-0.15, -0.1) is 0 Å². The van der Waals surface area contributed by atoms with Crippen molar-refractivity contribution in [2.45, 2.75) is 59.8 Å². The van der Waals surface area contributed by atoms with Gasteiger partial charge in [0.2, 0.25) is 5.78 Å². The highest BCUT2D eigenvalue weighted by Crippen LogP contribution is 2.67. The molecule has 0 aliphatic heterocycles. The zero-order chi connectivity index (χ0) is 20.6. The Labute approximate surface area is 165 Å². The third-order valence-corrected chi connectivity index (χ3v) is 8.80. The van der Waals surface area contributed by atoms with E-state index in [1.165, 1.54) is 0 Å². The topological polar surface area (TPSA) is 88.5 Å². The first kappa shape index (κ1) is 19.5. The molecule has 0 aromatic heterocycles. The van der Waals surface area contributed by atoms with Crippen LogP contribution in [0.15, 0.2) is 11.6 Å². The second-order valence-electron chi connectivity index (χ2n) is 10.4. The van der Waals surface area contributed by atoms with E-state index in [-0.39, 0.29) is 53.0 Å². The number of aliphatic carboxylic acids is 1. The first-order valence-electron chi connectivity index (χ1n) is 10.6. The van der Waals surface area contributed by atoms with E-state index in [1.54, 1.807) is 6.08 Å². The summed E-state index contributed by atoms with van der Waals surface area (Å²) < 4.78 is 0. The Hall–Kier alpha value is -1.78. The standard InChI is InChI=1S/C23H30O5/c1-11-7-14-16-8-12(2)18(20(26)21(27)28)23(16,4)10-17(25)19(14)22(3)6-5-13(24)9-15(11)22/h9,11-12,14,16,18-19H,5-8,10H2,1-4H3,(H,27,28)/t11?,12?,14-,16-,18+,19+,22-,23-/m0/s1. The maximum atomic E-state index is 13.5. The summed E-state index contributed by atoms with van der Waals surface area (Å²) >= 11 is 0. The number of carboxylic acids is 1. The zero-order valence-electron chi connectivity index (χ0n) is 17.2. The Kier molecular flexibility index (Phi) is 4.26. The quantitative estimate of drug-likeness (QED) is 0.734. The van der Waals surface area contributed by atoms with Crippen molar-refractivity contribution in [2.24, 2.45) is 46.3 Å². The van der Waals surface area contributed by atoms with E-state index in [0.29, 0.717) is 12.8 Å². The van der Waals surface area contributed by atoms with Gasteiger partial charge in [-0.05, 0) is 59.8 Å². The third-order valence-electron chi connectivity index (χ3n) is 8.80. The van der Waals surface area contributed by atoms with Crippen molar-refractivity contribution < 1.29 is 24.3 Å². The Morgan fingerprint density at radius 2 is 1.82 bits per heavy atom. The fourth-order valence-electron chi connectivity index (χ4n) is 7.88. The van der Waals surface area contributed by atoms with E-state index in [4.69, 9.17) is 0 Å². The lowest BCUT2D eigenvalue weighted by atomic mass is 9.44. The second kappa shape index (κ2) is 6.11. The number of ketones is 3. The lowest BCUT2D eigenvalue weighted by molar-refractivity contribution is -0.158. The van der Waals surface area contributed by atoms with Crippen molar-refractivity contribution in [3.05, 3.63) is 11.6 Å². The first-order chi connectivity index (χ1) is 13.0. The minimum Gasteiger partial charge on any atom is -0.475 e. The largest absolute Gasteiger partial charge is 0.475 e. The molecule has 5 nitrogen and oxygen atoms in total. The Morgan fingerprint density at radius 1 is 1.14 bits per heavy atom. The average molecular weight is 386 g/mol. The average Bonchev–Trinajstić information content (AvgIpc) is 2.85. The molecule has 3 saturated carbocycles. The van der Waals surface area contributed by atoms with E-state index >= 15 is 0 Å². The molecule has 2 unspecified atom stereocenters. The van der Waals surface area contributed by atoms with Gasteiger partial charge < -0.3 is 5.11 Å². The van der Waals surface area contributed by atoms with Crippen LogP contribution < -0.4 is 0 Å². The summed E-state index contributed by atoms with van der Waals surface area (Å²) in [5.74, 6) is -1.96. The molecule has 0 heterocycles. The first-order valence-corrected chi connectivity index (χ1v) is 10.6. The normalized spacial score (nSPS) is 47.6. The number of hydrogen-bond acceptors (Lipinski definition) is 4. The van der Waals surface area contributed by atoms with Crippen LogP contribution in [0.3, 0.4) is 0 Å². The molecule has 0 saturated heterocycles. The van der Waals surface area contributed by atoms with Gasteiger partial charge in [0.05, 0.1) is 0 Å². The van der Waals surface area contributed by atoms with Crippen LogP contribution >= 0.6 is 0 Å². The molecule has 0 aromatic carbocycles. The fourth-order valence-corrected chi connectivity index (χ4v) is 7.88. The number of carbonyl (C=O) groups is 4. The van der Waals surface area contributed by atoms with Crippen LogP contribution in [0.2, 0.25) is 0 Å². The van der Waals surface area contributed by atoms with Gasteiger partial charge in [-0.1, -0.05) is 33.3 Å². The van der Waals surface area contributed by atoms with Crippen LogP contribution in [0.4, 0.5) is 0 Å². The smallest absolute Gasteiger partial charge is 0.372 e. The van der Waals surface area contributed by atoms with E-state index < -0.39 is 23.1 Å². The molecule has 0 amide bonds. The number of fused-ring (bicyclic) bond motifs is 5. The lowest BCUT2D eigenvalue weighted by Gasteiger charge is -2.58. The lowest BCUT2D eigenvalue weighted by Crippen LogP contribution is -2.57. The Morgan fingerprint density at radius 3 is 2.46 bits per heavy atom. The van der Waals surface area contributed by atoms with Crippen LogP contribution in [-0.4, -0.2) is 28.4 Å². The Bertz CT molecular complexity index is 810. The van der Waals surface area contributed by atoms with Crippen molar-refractivity contribution in [2.75, 3.05) is 0 Å². The van der Waals surface area contributed by atoms with Crippen molar-refractivity contribution in [1.82, 2.24) is 0 Å². The second-order valence-corrected chi connectivity index (χ2v) is 10.4. The van der Waals surface area contributed by atoms with E-state index in [1.807, 2.05) is 13.8 Å². The van der Waals surface area contributed by atoms with Gasteiger partial charge in [-0.25, -0.2) is 4.79 Å². The van der Waals surface area contributed by atoms with Crippen LogP contribution in [0.1, 0.15) is 59.8 Å². The maximum absolute atomic E-state index is 13.5. The van der Waals surface area contributed by atoms with Gasteiger partial charge >= 0.3 is 5.97 Å². The summed E-state index contributed by atoms with van der Waals surface area (Å²) in [5, 5.41) is 9.35. The minimum absolute atomic E-state index is 0.0295. The minimum atomic E-state index is -1.38. The summed E-state index contributed by atoms with van der Waals surface area (Å²) in [4.78, 5) is 49.5. The monoisotopic (exact) mass is 386 g/mol. The molecular formula is C23H30O5. The highest BCUT2D eigenvalue weighted by atomic mass is 16.4.